The van der Waals surface area contributed by atoms with Crippen molar-refractivity contribution in [2.45, 2.75) is 31.5 Å². The molecule has 4 heterocycles. The maximum Gasteiger partial charge on any atom is 0.437 e. The highest BCUT2D eigenvalue weighted by Gasteiger charge is 2.45. The molecule has 6 N–H and O–H groups in total. The van der Waals surface area contributed by atoms with Gasteiger partial charge in [-0.05, 0) is 6.92 Å². The van der Waals surface area contributed by atoms with Gasteiger partial charge in [0, 0.05) is 12.4 Å². The lowest BCUT2D eigenvalue weighted by molar-refractivity contribution is -0.0487. The molecule has 4 rings (SSSR count). The van der Waals surface area contributed by atoms with Crippen LogP contribution in [0.25, 0.3) is 11.2 Å². The molecule has 3 aromatic heterocycles. The zero-order chi connectivity index (χ0) is 20.9. The third kappa shape index (κ3) is 3.35. The minimum absolute atomic E-state index is 0.0281. The molecule has 0 amide bonds. The van der Waals surface area contributed by atoms with Gasteiger partial charge >= 0.3 is 7.75 Å². The number of imidazole rings is 2. The highest BCUT2D eigenvalue weighted by molar-refractivity contribution is 7.51. The normalized spacial score (nSPS) is 26.8. The predicted octanol–water partition coefficient (Wildman–Crippen LogP) is -1.51. The number of aliphatic hydroxyl groups is 2. The molecule has 1 saturated heterocycles. The largest absolute Gasteiger partial charge is 0.437 e. The second kappa shape index (κ2) is 7.02. The molecule has 1 fully saturated rings. The number of H-pyrrole nitrogens is 1. The Morgan fingerprint density at radius 3 is 2.83 bits per heavy atom. The van der Waals surface area contributed by atoms with Crippen molar-refractivity contribution >= 4 is 24.9 Å². The van der Waals surface area contributed by atoms with Gasteiger partial charge < -0.3 is 25.6 Å². The van der Waals surface area contributed by atoms with Crippen molar-refractivity contribution in [2.24, 2.45) is 0 Å². The molecule has 0 spiro atoms. The van der Waals surface area contributed by atoms with Crippen molar-refractivity contribution in [3.63, 3.8) is 0 Å². The molecule has 0 saturated carbocycles. The SMILES string of the molecule is Cc1nccn1P(=O)(O)OCC1OC(n2cnc3c(=O)[nH]c(N)nc32)C(O)C1O. The number of nitrogen functional groups attached to an aromatic ring is 1. The number of aromatic amines is 1. The van der Waals surface area contributed by atoms with Crippen LogP contribution in [0.15, 0.2) is 23.5 Å². The van der Waals surface area contributed by atoms with E-state index in [0.717, 1.165) is 4.34 Å². The molecular formula is C14H18N7O7P. The Kier molecular flexibility index (Phi) is 4.77. The maximum atomic E-state index is 12.4. The minimum Gasteiger partial charge on any atom is -0.387 e. The molecule has 0 aromatic carbocycles. The molecule has 0 bridgehead atoms. The molecule has 14 nitrogen and oxygen atoms in total. The van der Waals surface area contributed by atoms with Crippen LogP contribution in [0, 0.1) is 6.92 Å². The maximum absolute atomic E-state index is 12.4. The van der Waals surface area contributed by atoms with Gasteiger partial charge in [0.25, 0.3) is 5.56 Å². The third-order valence-electron chi connectivity index (χ3n) is 4.54. The predicted molar refractivity (Wildman–Crippen MR) is 96.6 cm³/mol. The van der Waals surface area contributed by atoms with E-state index >= 15 is 0 Å². The van der Waals surface area contributed by atoms with E-state index in [9.17, 15) is 24.5 Å². The summed E-state index contributed by atoms with van der Waals surface area (Å²) in [6.45, 7) is 1.03. The van der Waals surface area contributed by atoms with E-state index in [0.29, 0.717) is 0 Å². The number of nitrogens with two attached hydrogens (primary N) is 1. The van der Waals surface area contributed by atoms with Gasteiger partial charge in [0.1, 0.15) is 24.1 Å². The number of nitrogens with one attached hydrogen (secondary N) is 1. The zero-order valence-electron chi connectivity index (χ0n) is 15.0. The Bertz CT molecular complexity index is 1160. The van der Waals surface area contributed by atoms with Gasteiger partial charge in [-0.2, -0.15) is 4.98 Å². The Morgan fingerprint density at radius 1 is 1.38 bits per heavy atom. The lowest BCUT2D eigenvalue weighted by Crippen LogP contribution is -2.33. The smallest absolute Gasteiger partial charge is 0.387 e. The Hall–Kier alpha value is -2.61. The quantitative estimate of drug-likeness (QED) is 0.296. The van der Waals surface area contributed by atoms with Gasteiger partial charge in [0.2, 0.25) is 5.95 Å². The summed E-state index contributed by atoms with van der Waals surface area (Å²) in [5.74, 6) is 0.106. The van der Waals surface area contributed by atoms with E-state index < -0.39 is 44.5 Å². The first-order chi connectivity index (χ1) is 13.7. The molecule has 29 heavy (non-hydrogen) atoms. The van der Waals surface area contributed by atoms with Crippen molar-refractivity contribution in [2.75, 3.05) is 12.3 Å². The Morgan fingerprint density at radius 2 is 2.14 bits per heavy atom. The highest BCUT2D eigenvalue weighted by atomic mass is 31.2. The molecule has 0 aliphatic carbocycles. The number of aromatic nitrogens is 6. The van der Waals surface area contributed by atoms with Crippen LogP contribution < -0.4 is 11.3 Å². The number of aryl methyl sites for hydroxylation is 1. The molecule has 156 valence electrons. The van der Waals surface area contributed by atoms with Gasteiger partial charge in [-0.1, -0.05) is 0 Å². The van der Waals surface area contributed by atoms with Crippen molar-refractivity contribution in [3.8, 4) is 0 Å². The molecular weight excluding hydrogens is 409 g/mol. The van der Waals surface area contributed by atoms with Crippen molar-refractivity contribution < 1.29 is 28.9 Å². The van der Waals surface area contributed by atoms with Gasteiger partial charge in [-0.15, -0.1) is 0 Å². The number of ether oxygens (including phenoxy) is 1. The van der Waals surface area contributed by atoms with Crippen LogP contribution in [0.1, 0.15) is 12.1 Å². The first kappa shape index (κ1) is 19.7. The van der Waals surface area contributed by atoms with Gasteiger partial charge in [0.05, 0.1) is 12.9 Å². The standard InChI is InChI=1S/C14H18N7O7P/c1-6-16-2-3-21(6)29(25,26)27-4-7-9(22)10(23)13(28-7)20-5-17-8-11(20)18-14(15)19-12(8)24/h2-3,5,7,9-10,13,22-23H,4H2,1H3,(H,25,26)(H3,15,18,19,24). The average molecular weight is 427 g/mol. The van der Waals surface area contributed by atoms with E-state index in [1.807, 2.05) is 0 Å². The van der Waals surface area contributed by atoms with Crippen LogP contribution in [-0.4, -0.2) is 68.9 Å². The van der Waals surface area contributed by atoms with Crippen LogP contribution in [0.2, 0.25) is 0 Å². The van der Waals surface area contributed by atoms with E-state index in [1.165, 1.54) is 30.2 Å². The molecule has 5 atom stereocenters. The number of anilines is 1. The van der Waals surface area contributed by atoms with Gasteiger partial charge in [-0.3, -0.25) is 18.9 Å². The highest BCUT2D eigenvalue weighted by Crippen LogP contribution is 2.45. The summed E-state index contributed by atoms with van der Waals surface area (Å²) in [6.07, 6.45) is -1.38. The summed E-state index contributed by atoms with van der Waals surface area (Å²) < 4.78 is 25.3. The Balaban J connectivity index is 1.55. The van der Waals surface area contributed by atoms with Gasteiger partial charge in [0.15, 0.2) is 17.4 Å². The van der Waals surface area contributed by atoms with E-state index in [-0.39, 0.29) is 22.9 Å². The summed E-state index contributed by atoms with van der Waals surface area (Å²) in [5.41, 5.74) is 4.99. The van der Waals surface area contributed by atoms with Gasteiger partial charge in [-0.25, -0.2) is 18.9 Å². The lowest BCUT2D eigenvalue weighted by Gasteiger charge is -2.18. The summed E-state index contributed by atoms with van der Waals surface area (Å²) in [5, 5.41) is 20.7. The fourth-order valence-electron chi connectivity index (χ4n) is 3.10. The number of fused-ring (bicyclic) bond motifs is 1. The second-order valence-electron chi connectivity index (χ2n) is 6.43. The monoisotopic (exact) mass is 427 g/mol. The lowest BCUT2D eigenvalue weighted by atomic mass is 10.1. The average Bonchev–Trinajstić information content (AvgIpc) is 3.33. The number of hydrogen-bond donors (Lipinski definition) is 5. The van der Waals surface area contributed by atoms with Crippen molar-refractivity contribution in [1.82, 2.24) is 28.8 Å². The van der Waals surface area contributed by atoms with Crippen molar-refractivity contribution in [3.05, 3.63) is 34.9 Å². The third-order valence-corrected chi connectivity index (χ3v) is 5.99. The molecule has 1 aliphatic rings. The number of rotatable bonds is 5. The molecule has 0 radical (unpaired) electrons. The van der Waals surface area contributed by atoms with E-state index in [2.05, 4.69) is 19.9 Å². The second-order valence-corrected chi connectivity index (χ2v) is 8.10. The molecule has 1 aliphatic heterocycles. The van der Waals surface area contributed by atoms with Crippen LogP contribution in [-0.2, 0) is 13.8 Å². The van der Waals surface area contributed by atoms with Crippen LogP contribution in [0.5, 0.6) is 0 Å². The zero-order valence-corrected chi connectivity index (χ0v) is 15.9. The fraction of sp³-hybridized carbons (Fsp3) is 0.429. The van der Waals surface area contributed by atoms with E-state index in [1.54, 1.807) is 0 Å². The first-order valence-electron chi connectivity index (χ1n) is 8.41. The Labute approximate surface area is 162 Å². The summed E-state index contributed by atoms with van der Waals surface area (Å²) in [6, 6.07) is 0. The van der Waals surface area contributed by atoms with Crippen LogP contribution in [0.3, 0.4) is 0 Å². The van der Waals surface area contributed by atoms with Crippen LogP contribution >= 0.6 is 7.75 Å². The fourth-order valence-corrected chi connectivity index (χ4v) is 4.21. The minimum atomic E-state index is -4.28. The summed E-state index contributed by atoms with van der Waals surface area (Å²) >= 11 is 0. The number of nitrogens with zero attached hydrogens (tertiary/aromatic N) is 5. The molecule has 3 aromatic rings. The molecule has 15 heteroatoms. The van der Waals surface area contributed by atoms with Crippen LogP contribution in [0.4, 0.5) is 5.95 Å². The topological polar surface area (TPSA) is 204 Å². The number of aliphatic hydroxyl groups excluding tert-OH is 2. The first-order valence-corrected chi connectivity index (χ1v) is 9.94. The molecule has 5 unspecified atom stereocenters. The summed E-state index contributed by atoms with van der Waals surface area (Å²) in [7, 11) is -4.28. The summed E-state index contributed by atoms with van der Waals surface area (Å²) in [4.78, 5) is 36.0. The van der Waals surface area contributed by atoms with E-state index in [4.69, 9.17) is 15.0 Å². The van der Waals surface area contributed by atoms with Crippen molar-refractivity contribution in [1.29, 1.82) is 0 Å². The number of hydrogen-bond acceptors (Lipinski definition) is 10.